The highest BCUT2D eigenvalue weighted by Gasteiger charge is 2.46. The van der Waals surface area contributed by atoms with E-state index in [1.54, 1.807) is 49.3 Å². The molecule has 14 nitrogen and oxygen atoms in total. The molecule has 280 valence electrons. The van der Waals surface area contributed by atoms with E-state index in [1.165, 1.54) is 0 Å². The second-order valence-electron chi connectivity index (χ2n) is 13.8. The van der Waals surface area contributed by atoms with E-state index in [9.17, 15) is 9.59 Å². The molecule has 0 bridgehead atoms. The van der Waals surface area contributed by atoms with Crippen LogP contribution in [0.4, 0.5) is 23.3 Å². The van der Waals surface area contributed by atoms with Crippen molar-refractivity contribution in [3.05, 3.63) is 104 Å². The van der Waals surface area contributed by atoms with E-state index in [1.807, 2.05) is 26.0 Å². The topological polar surface area (TPSA) is 196 Å². The highest BCUT2D eigenvalue weighted by Crippen LogP contribution is 2.42. The third-order valence-corrected chi connectivity index (χ3v) is 11.6. The zero-order chi connectivity index (χ0) is 39.7. The molecule has 2 saturated carbocycles. The van der Waals surface area contributed by atoms with Crippen LogP contribution < -0.4 is 22.1 Å². The molecule has 0 aliphatic heterocycles. The van der Waals surface area contributed by atoms with Crippen molar-refractivity contribution < 1.29 is 9.59 Å². The molecule has 0 spiro atoms. The molecule has 0 unspecified atom stereocenters. The molecule has 6 N–H and O–H groups in total. The number of amides is 2. The number of aryl methyl sites for hydroxylation is 2. The molecular weight excluding hydrogens is 840 g/mol. The molecule has 6 heterocycles. The third-order valence-electron chi connectivity index (χ3n) is 9.97. The van der Waals surface area contributed by atoms with Crippen LogP contribution in [0.25, 0.3) is 53.7 Å². The minimum absolute atomic E-state index is 0.0954. The van der Waals surface area contributed by atoms with Crippen molar-refractivity contribution in [2.45, 2.75) is 26.7 Å². The Bertz CT molecular complexity index is 2460. The van der Waals surface area contributed by atoms with E-state index >= 15 is 0 Å². The summed E-state index contributed by atoms with van der Waals surface area (Å²) in [6.07, 6.45) is 11.7. The fourth-order valence-corrected chi connectivity index (χ4v) is 7.79. The number of rotatable bonds is 8. The molecule has 2 amide bonds. The van der Waals surface area contributed by atoms with E-state index in [4.69, 9.17) is 24.6 Å². The molecule has 56 heavy (non-hydrogen) atoms. The number of carbonyl (C=O) groups excluding carboxylic acids is 2. The van der Waals surface area contributed by atoms with E-state index in [0.29, 0.717) is 58.5 Å². The first-order valence-electron chi connectivity index (χ1n) is 17.6. The van der Waals surface area contributed by atoms with E-state index < -0.39 is 0 Å². The normalized spacial score (nSPS) is 17.9. The number of aromatic nitrogens is 6. The first-order valence-corrected chi connectivity index (χ1v) is 19.2. The fourth-order valence-electron chi connectivity index (χ4n) is 6.53. The van der Waals surface area contributed by atoms with Crippen molar-refractivity contribution in [1.29, 1.82) is 0 Å². The quantitative estimate of drug-likeness (QED) is 0.110. The molecule has 2 aliphatic carbocycles. The minimum atomic E-state index is -0.105. The summed E-state index contributed by atoms with van der Waals surface area (Å²) >= 11 is 7.28. The van der Waals surface area contributed by atoms with Gasteiger partial charge in [-0.05, 0) is 93.9 Å². The standard InChI is InChI=1S/2C20H17BrN6O/c2*1-10-3-4-24-8-14(10)18-17(21)13-6-16(25-9-15(13)19(22)27-18)26-20(28)12-5-11(12)7-23-2/h2*3-4,6,8-9,11-12H,5,7H2,1H3,(H2,22,27)(H,25,26,28)/t2*11-,12+/m10/s1. The minimum Gasteiger partial charge on any atom is -0.383 e. The predicted octanol–water partition coefficient (Wildman–Crippen LogP) is 7.68. The molecular formula is C40H34Br2N12O2. The van der Waals surface area contributed by atoms with Gasteiger partial charge in [-0.3, -0.25) is 19.6 Å². The number of fused-ring (bicyclic) bond motifs is 2. The molecule has 6 aromatic rings. The number of hydrogen-bond acceptors (Lipinski definition) is 10. The van der Waals surface area contributed by atoms with Gasteiger partial charge in [0.15, 0.2) is 0 Å². The van der Waals surface area contributed by atoms with Crippen LogP contribution >= 0.6 is 31.9 Å². The zero-order valence-corrected chi connectivity index (χ0v) is 33.4. The van der Waals surface area contributed by atoms with E-state index in [0.717, 1.165) is 54.8 Å². The van der Waals surface area contributed by atoms with Crippen LogP contribution in [0.15, 0.2) is 70.4 Å². The number of pyridine rings is 6. The van der Waals surface area contributed by atoms with Crippen LogP contribution in [0, 0.1) is 50.7 Å². The summed E-state index contributed by atoms with van der Waals surface area (Å²) < 4.78 is 1.53. The summed E-state index contributed by atoms with van der Waals surface area (Å²) in [5, 5.41) is 8.73. The Morgan fingerprint density at radius 2 is 1.12 bits per heavy atom. The third kappa shape index (κ3) is 7.84. The van der Waals surface area contributed by atoms with Crippen molar-refractivity contribution in [2.75, 3.05) is 35.2 Å². The highest BCUT2D eigenvalue weighted by atomic mass is 79.9. The molecule has 16 heteroatoms. The Morgan fingerprint density at radius 3 is 1.50 bits per heavy atom. The number of hydrogen-bond donors (Lipinski definition) is 4. The molecule has 4 atom stereocenters. The van der Waals surface area contributed by atoms with Gasteiger partial charge in [0.25, 0.3) is 0 Å². The van der Waals surface area contributed by atoms with Gasteiger partial charge >= 0.3 is 0 Å². The molecule has 8 rings (SSSR count). The fraction of sp³-hybridized carbons (Fsp3) is 0.250. The summed E-state index contributed by atoms with van der Waals surface area (Å²) in [4.78, 5) is 57.5. The average Bonchev–Trinajstić information content (AvgIpc) is 4.13. The van der Waals surface area contributed by atoms with Gasteiger partial charge in [0.05, 0.1) is 20.3 Å². The average molecular weight is 875 g/mol. The zero-order valence-electron chi connectivity index (χ0n) is 30.2. The monoisotopic (exact) mass is 872 g/mol. The summed E-state index contributed by atoms with van der Waals surface area (Å²) in [5.41, 5.74) is 17.5. The van der Waals surface area contributed by atoms with Gasteiger partial charge in [-0.1, -0.05) is 0 Å². The number of anilines is 4. The summed E-state index contributed by atoms with van der Waals surface area (Å²) in [7, 11) is 0. The van der Waals surface area contributed by atoms with Crippen LogP contribution in [-0.2, 0) is 9.59 Å². The van der Waals surface area contributed by atoms with Crippen LogP contribution in [0.3, 0.4) is 0 Å². The van der Waals surface area contributed by atoms with Gasteiger partial charge in [0, 0.05) is 93.5 Å². The number of nitrogens with two attached hydrogens (primary N) is 2. The number of nitrogens with one attached hydrogen (secondary N) is 2. The van der Waals surface area contributed by atoms with Crippen molar-refractivity contribution in [1.82, 2.24) is 29.9 Å². The summed E-state index contributed by atoms with van der Waals surface area (Å²) in [6, 6.07) is 7.40. The lowest BCUT2D eigenvalue weighted by Gasteiger charge is -2.12. The Labute approximate surface area is 338 Å². The maximum Gasteiger partial charge on any atom is 0.229 e. The van der Waals surface area contributed by atoms with Gasteiger partial charge in [0.2, 0.25) is 24.9 Å². The molecule has 6 aromatic heterocycles. The lowest BCUT2D eigenvalue weighted by molar-refractivity contribution is -0.118. The second-order valence-corrected chi connectivity index (χ2v) is 15.4. The van der Waals surface area contributed by atoms with Gasteiger partial charge in [-0.15, -0.1) is 0 Å². The molecule has 0 saturated heterocycles. The van der Waals surface area contributed by atoms with Gasteiger partial charge < -0.3 is 31.8 Å². The lowest BCUT2D eigenvalue weighted by Crippen LogP contribution is -2.16. The van der Waals surface area contributed by atoms with E-state index in [2.05, 4.69) is 82.1 Å². The van der Waals surface area contributed by atoms with E-state index in [-0.39, 0.29) is 35.5 Å². The van der Waals surface area contributed by atoms with Crippen molar-refractivity contribution >= 4 is 88.5 Å². The maximum absolute atomic E-state index is 12.4. The van der Waals surface area contributed by atoms with Crippen LogP contribution in [0.5, 0.6) is 0 Å². The Kier molecular flexibility index (Phi) is 10.9. The number of nitrogens with zero attached hydrogens (tertiary/aromatic N) is 8. The maximum atomic E-state index is 12.4. The molecule has 0 aromatic carbocycles. The van der Waals surface area contributed by atoms with Crippen LogP contribution in [0.1, 0.15) is 24.0 Å². The first-order chi connectivity index (χ1) is 27.0. The largest absolute Gasteiger partial charge is 0.383 e. The Hall–Kier alpha value is -6.10. The van der Waals surface area contributed by atoms with Crippen molar-refractivity contribution in [2.24, 2.45) is 23.7 Å². The number of carbonyl (C=O) groups is 2. The second kappa shape index (κ2) is 15.9. The SMILES string of the molecule is [C-]#[N+]C[C@@H]1C[C@H]1C(=O)Nc1cc2c(Br)c(-c3cnccc3C)nc(N)c2cn1.[C-]#[N+]C[C@H]1C[C@@H]1C(=O)Nc1cc2c(Br)c(-c3cnccc3C)nc(N)c2cn1. The molecule has 0 radical (unpaired) electrons. The van der Waals surface area contributed by atoms with Gasteiger partial charge in [-0.2, -0.15) is 0 Å². The molecule has 2 aliphatic rings. The molecule has 2 fully saturated rings. The summed E-state index contributed by atoms with van der Waals surface area (Å²) in [6.45, 7) is 18.6. The smallest absolute Gasteiger partial charge is 0.229 e. The van der Waals surface area contributed by atoms with Crippen molar-refractivity contribution in [3.8, 4) is 22.5 Å². The first kappa shape index (κ1) is 38.2. The highest BCUT2D eigenvalue weighted by molar-refractivity contribution is 9.11. The summed E-state index contributed by atoms with van der Waals surface area (Å²) in [5.74, 6) is 1.54. The predicted molar refractivity (Wildman–Crippen MR) is 223 cm³/mol. The van der Waals surface area contributed by atoms with Crippen LogP contribution in [0.2, 0.25) is 0 Å². The van der Waals surface area contributed by atoms with Gasteiger partial charge in [0.1, 0.15) is 23.3 Å². The Morgan fingerprint density at radius 1 is 0.714 bits per heavy atom. The van der Waals surface area contributed by atoms with Crippen molar-refractivity contribution in [3.63, 3.8) is 0 Å². The Balaban J connectivity index is 0.000000172. The number of halogens is 2. The lowest BCUT2D eigenvalue weighted by atomic mass is 10.1. The van der Waals surface area contributed by atoms with Crippen LogP contribution in [-0.4, -0.2) is 54.8 Å². The van der Waals surface area contributed by atoms with Gasteiger partial charge in [-0.25, -0.2) is 33.1 Å². The number of nitrogen functional groups attached to an aromatic ring is 2.